The molecule has 1 aliphatic carbocycles. The van der Waals surface area contributed by atoms with Crippen LogP contribution in [0.2, 0.25) is 5.15 Å². The number of hydrogen-bond acceptors (Lipinski definition) is 4. The molecule has 1 aliphatic rings. The Morgan fingerprint density at radius 2 is 1.95 bits per heavy atom. The van der Waals surface area contributed by atoms with E-state index in [0.717, 1.165) is 25.1 Å². The summed E-state index contributed by atoms with van der Waals surface area (Å²) in [6.45, 7) is 2.72. The lowest BCUT2D eigenvalue weighted by Crippen LogP contribution is -1.99. The van der Waals surface area contributed by atoms with Crippen LogP contribution in [0, 0.1) is 0 Å². The van der Waals surface area contributed by atoms with Gasteiger partial charge in [-0.25, -0.2) is 4.98 Å². The van der Waals surface area contributed by atoms with Crippen LogP contribution in [0.1, 0.15) is 37.9 Å². The van der Waals surface area contributed by atoms with Crippen LogP contribution in [0.4, 0.5) is 0 Å². The number of para-hydroxylation sites is 2. The van der Waals surface area contributed by atoms with Crippen LogP contribution >= 0.6 is 11.6 Å². The molecule has 2 aromatic rings. The molecule has 1 aromatic carbocycles. The minimum absolute atomic E-state index is 0.411. The van der Waals surface area contributed by atoms with Gasteiger partial charge in [0.2, 0.25) is 5.88 Å². The maximum atomic E-state index is 6.05. The first kappa shape index (κ1) is 14.1. The van der Waals surface area contributed by atoms with Crippen LogP contribution in [-0.4, -0.2) is 16.6 Å². The molecule has 0 amide bonds. The Morgan fingerprint density at radius 3 is 2.67 bits per heavy atom. The van der Waals surface area contributed by atoms with E-state index in [2.05, 4.69) is 16.9 Å². The second-order valence-corrected chi connectivity index (χ2v) is 5.45. The van der Waals surface area contributed by atoms with Crippen molar-refractivity contribution in [2.24, 2.45) is 0 Å². The summed E-state index contributed by atoms with van der Waals surface area (Å²) in [5.74, 6) is 3.01. The van der Waals surface area contributed by atoms with Crippen LogP contribution < -0.4 is 9.47 Å². The Morgan fingerprint density at radius 1 is 1.19 bits per heavy atom. The number of benzene rings is 1. The Bertz CT molecular complexity index is 629. The van der Waals surface area contributed by atoms with Gasteiger partial charge in [0.1, 0.15) is 11.0 Å². The molecule has 0 aliphatic heterocycles. The summed E-state index contributed by atoms with van der Waals surface area (Å²) >= 11 is 6.05. The van der Waals surface area contributed by atoms with Crippen molar-refractivity contribution in [2.75, 3.05) is 6.61 Å². The van der Waals surface area contributed by atoms with Gasteiger partial charge in [0.25, 0.3) is 0 Å². The van der Waals surface area contributed by atoms with E-state index in [1.54, 1.807) is 6.07 Å². The quantitative estimate of drug-likeness (QED) is 0.732. The molecule has 1 fully saturated rings. The average molecular weight is 305 g/mol. The van der Waals surface area contributed by atoms with Crippen molar-refractivity contribution in [3.8, 4) is 17.4 Å². The fourth-order valence-electron chi connectivity index (χ4n) is 1.97. The van der Waals surface area contributed by atoms with Gasteiger partial charge in [-0.3, -0.25) is 0 Å². The molecule has 0 N–H and O–H groups in total. The first-order valence-electron chi connectivity index (χ1n) is 7.20. The Hall–Kier alpha value is -1.81. The van der Waals surface area contributed by atoms with E-state index in [4.69, 9.17) is 21.1 Å². The molecule has 0 atom stereocenters. The van der Waals surface area contributed by atoms with Gasteiger partial charge in [-0.05, 0) is 31.4 Å². The number of nitrogens with zero attached hydrogens (tertiary/aromatic N) is 2. The van der Waals surface area contributed by atoms with Crippen LogP contribution in [0.5, 0.6) is 17.4 Å². The molecular weight excluding hydrogens is 288 g/mol. The minimum atomic E-state index is 0.411. The Balaban J connectivity index is 1.82. The van der Waals surface area contributed by atoms with Crippen molar-refractivity contribution in [2.45, 2.75) is 32.1 Å². The third-order valence-electron chi connectivity index (χ3n) is 3.16. The average Bonchev–Trinajstić information content (AvgIpc) is 3.30. The maximum absolute atomic E-state index is 6.05. The SMILES string of the molecule is CCCOc1ccccc1Oc1cc(Cl)nc(C2CC2)n1. The molecule has 1 saturated carbocycles. The molecule has 0 spiro atoms. The fraction of sp³-hybridized carbons (Fsp3) is 0.375. The summed E-state index contributed by atoms with van der Waals surface area (Å²) in [5, 5.41) is 0.411. The van der Waals surface area contributed by atoms with Crippen LogP contribution in [0.15, 0.2) is 30.3 Å². The van der Waals surface area contributed by atoms with Crippen LogP contribution in [-0.2, 0) is 0 Å². The summed E-state index contributed by atoms with van der Waals surface area (Å²) in [4.78, 5) is 8.69. The zero-order chi connectivity index (χ0) is 14.7. The number of halogens is 1. The van der Waals surface area contributed by atoms with Gasteiger partial charge in [-0.15, -0.1) is 0 Å². The highest BCUT2D eigenvalue weighted by Crippen LogP contribution is 2.39. The van der Waals surface area contributed by atoms with E-state index >= 15 is 0 Å². The van der Waals surface area contributed by atoms with E-state index < -0.39 is 0 Å². The molecule has 0 radical (unpaired) electrons. The summed E-state index contributed by atoms with van der Waals surface area (Å²) in [5.41, 5.74) is 0. The van der Waals surface area contributed by atoms with Crippen LogP contribution in [0.25, 0.3) is 0 Å². The predicted octanol–water partition coefficient (Wildman–Crippen LogP) is 4.59. The monoisotopic (exact) mass is 304 g/mol. The van der Waals surface area contributed by atoms with Crippen molar-refractivity contribution >= 4 is 11.6 Å². The zero-order valence-electron chi connectivity index (χ0n) is 11.9. The largest absolute Gasteiger partial charge is 0.490 e. The molecule has 3 rings (SSSR count). The lowest BCUT2D eigenvalue weighted by Gasteiger charge is -2.11. The zero-order valence-corrected chi connectivity index (χ0v) is 12.6. The van der Waals surface area contributed by atoms with Crippen molar-refractivity contribution in [3.63, 3.8) is 0 Å². The highest BCUT2D eigenvalue weighted by atomic mass is 35.5. The smallest absolute Gasteiger partial charge is 0.224 e. The Labute approximate surface area is 129 Å². The predicted molar refractivity (Wildman–Crippen MR) is 81.3 cm³/mol. The second-order valence-electron chi connectivity index (χ2n) is 5.06. The molecule has 4 nitrogen and oxygen atoms in total. The summed E-state index contributed by atoms with van der Waals surface area (Å²) in [6, 6.07) is 9.19. The first-order valence-corrected chi connectivity index (χ1v) is 7.58. The first-order chi connectivity index (χ1) is 10.3. The van der Waals surface area contributed by atoms with E-state index in [1.807, 2.05) is 24.3 Å². The number of ether oxygens (including phenoxy) is 2. The molecule has 1 aromatic heterocycles. The van der Waals surface area contributed by atoms with E-state index in [0.29, 0.717) is 35.1 Å². The molecule has 5 heteroatoms. The van der Waals surface area contributed by atoms with Gasteiger partial charge in [-0.1, -0.05) is 30.7 Å². The van der Waals surface area contributed by atoms with Crippen LogP contribution in [0.3, 0.4) is 0 Å². The van der Waals surface area contributed by atoms with Gasteiger partial charge in [-0.2, -0.15) is 4.98 Å². The molecule has 0 bridgehead atoms. The molecular formula is C16H17ClN2O2. The van der Waals surface area contributed by atoms with Crippen molar-refractivity contribution in [1.82, 2.24) is 9.97 Å². The molecule has 0 saturated heterocycles. The van der Waals surface area contributed by atoms with Gasteiger partial charge in [0, 0.05) is 12.0 Å². The minimum Gasteiger partial charge on any atom is -0.490 e. The van der Waals surface area contributed by atoms with E-state index in [1.165, 1.54) is 0 Å². The van der Waals surface area contributed by atoms with Gasteiger partial charge in [0.05, 0.1) is 6.61 Å². The molecule has 1 heterocycles. The summed E-state index contributed by atoms with van der Waals surface area (Å²) in [6.07, 6.45) is 3.19. The lowest BCUT2D eigenvalue weighted by molar-refractivity contribution is 0.300. The van der Waals surface area contributed by atoms with E-state index in [9.17, 15) is 0 Å². The molecule has 110 valence electrons. The summed E-state index contributed by atoms with van der Waals surface area (Å²) < 4.78 is 11.5. The van der Waals surface area contributed by atoms with Gasteiger partial charge in [0.15, 0.2) is 11.5 Å². The molecule has 0 unspecified atom stereocenters. The highest BCUT2D eigenvalue weighted by Gasteiger charge is 2.27. The standard InChI is InChI=1S/C16H17ClN2O2/c1-2-9-20-12-5-3-4-6-13(12)21-15-10-14(17)18-16(19-15)11-7-8-11/h3-6,10-11H,2,7-9H2,1H3. The summed E-state index contributed by atoms with van der Waals surface area (Å²) in [7, 11) is 0. The van der Waals surface area contributed by atoms with Crippen molar-refractivity contribution in [1.29, 1.82) is 0 Å². The fourth-order valence-corrected chi connectivity index (χ4v) is 2.15. The number of hydrogen-bond donors (Lipinski definition) is 0. The lowest BCUT2D eigenvalue weighted by atomic mass is 10.3. The second kappa shape index (κ2) is 6.31. The van der Waals surface area contributed by atoms with Gasteiger partial charge >= 0.3 is 0 Å². The van der Waals surface area contributed by atoms with Gasteiger partial charge < -0.3 is 9.47 Å². The third kappa shape index (κ3) is 3.64. The normalized spacial score (nSPS) is 14.0. The van der Waals surface area contributed by atoms with Crippen molar-refractivity contribution < 1.29 is 9.47 Å². The number of rotatable bonds is 6. The van der Waals surface area contributed by atoms with Crippen molar-refractivity contribution in [3.05, 3.63) is 41.3 Å². The molecule has 21 heavy (non-hydrogen) atoms. The van der Waals surface area contributed by atoms with E-state index in [-0.39, 0.29) is 0 Å². The third-order valence-corrected chi connectivity index (χ3v) is 3.35. The maximum Gasteiger partial charge on any atom is 0.224 e. The Kier molecular flexibility index (Phi) is 4.25. The topological polar surface area (TPSA) is 44.2 Å². The number of aromatic nitrogens is 2. The highest BCUT2D eigenvalue weighted by molar-refractivity contribution is 6.29.